The zero-order valence-electron chi connectivity index (χ0n) is 15.8. The predicted octanol–water partition coefficient (Wildman–Crippen LogP) is 3.63. The number of carbonyl (C=O) groups is 3. The van der Waals surface area contributed by atoms with Gasteiger partial charge in [-0.05, 0) is 24.5 Å². The first-order valence-corrected chi connectivity index (χ1v) is 9.65. The lowest BCUT2D eigenvalue weighted by Crippen LogP contribution is -2.41. The maximum Gasteiger partial charge on any atom is 0.308 e. The van der Waals surface area contributed by atoms with E-state index in [2.05, 4.69) is 0 Å². The molecule has 1 fully saturated rings. The molecular weight excluding hydrogens is 356 g/mol. The Bertz CT molecular complexity index is 982. The monoisotopic (exact) mass is 378 g/mol. The molecule has 2 aliphatic carbocycles. The molecule has 5 heteroatoms. The van der Waals surface area contributed by atoms with Crippen LogP contribution in [0.15, 0.2) is 36.4 Å². The van der Waals surface area contributed by atoms with Crippen LogP contribution in [0.2, 0.25) is 0 Å². The summed E-state index contributed by atoms with van der Waals surface area (Å²) in [6, 6.07) is 10.1. The quantitative estimate of drug-likeness (QED) is 0.428. The number of carbonyl (C=O) groups excluding carboxylic acids is 3. The van der Waals surface area contributed by atoms with Gasteiger partial charge in [0.1, 0.15) is 11.4 Å². The number of hydrogen-bond donors (Lipinski definition) is 1. The van der Waals surface area contributed by atoms with Crippen LogP contribution in [0.25, 0.3) is 0 Å². The van der Waals surface area contributed by atoms with Gasteiger partial charge in [0.05, 0.1) is 0 Å². The first-order valence-electron chi connectivity index (χ1n) is 9.65. The molecule has 0 aromatic heterocycles. The third kappa shape index (κ3) is 3.06. The van der Waals surface area contributed by atoms with Crippen LogP contribution >= 0.6 is 0 Å². The minimum atomic E-state index is -1.37. The van der Waals surface area contributed by atoms with Gasteiger partial charge in [-0.1, -0.05) is 49.6 Å². The molecule has 5 nitrogen and oxygen atoms in total. The third-order valence-electron chi connectivity index (χ3n) is 5.75. The van der Waals surface area contributed by atoms with Gasteiger partial charge < -0.3 is 9.84 Å². The van der Waals surface area contributed by atoms with E-state index in [1.807, 2.05) is 0 Å². The van der Waals surface area contributed by atoms with E-state index in [1.54, 1.807) is 36.4 Å². The van der Waals surface area contributed by atoms with E-state index >= 15 is 0 Å². The molecule has 0 heterocycles. The van der Waals surface area contributed by atoms with Crippen LogP contribution in [0.3, 0.4) is 0 Å². The molecule has 0 aliphatic heterocycles. The summed E-state index contributed by atoms with van der Waals surface area (Å²) in [6.45, 7) is 1.31. The van der Waals surface area contributed by atoms with Crippen LogP contribution in [0.4, 0.5) is 0 Å². The number of ether oxygens (including phenoxy) is 1. The Morgan fingerprint density at radius 2 is 1.61 bits per heavy atom. The molecule has 2 aliphatic rings. The molecule has 28 heavy (non-hydrogen) atoms. The fourth-order valence-electron chi connectivity index (χ4n) is 4.35. The summed E-state index contributed by atoms with van der Waals surface area (Å²) in [4.78, 5) is 37.7. The molecule has 1 saturated carbocycles. The average molecular weight is 378 g/mol. The van der Waals surface area contributed by atoms with Crippen molar-refractivity contribution in [2.24, 2.45) is 0 Å². The van der Waals surface area contributed by atoms with Crippen molar-refractivity contribution >= 4 is 17.5 Å². The standard InChI is InChI=1S/C23H22O5/c1-14(24)28-20-10-6-8-16-19(20)13-18-15(21(16)25)7-5-9-17(18)22(26)23(27)11-3-2-4-12-23/h5-10,27H,2-4,11-13H2,1H3. The second-order valence-corrected chi connectivity index (χ2v) is 7.63. The normalized spacial score (nSPS) is 17.4. The Kier molecular flexibility index (Phi) is 4.63. The molecule has 0 unspecified atom stereocenters. The van der Waals surface area contributed by atoms with Crippen LogP contribution in [-0.2, 0) is 11.2 Å². The van der Waals surface area contributed by atoms with E-state index in [1.165, 1.54) is 6.92 Å². The molecular formula is C23H22O5. The summed E-state index contributed by atoms with van der Waals surface area (Å²) in [7, 11) is 0. The molecule has 2 aromatic rings. The van der Waals surface area contributed by atoms with Crippen LogP contribution < -0.4 is 4.74 Å². The zero-order chi connectivity index (χ0) is 19.9. The fraction of sp³-hybridized carbons (Fsp3) is 0.348. The SMILES string of the molecule is CC(=O)Oc1cccc2c1Cc1c(cccc1C(=O)C1(O)CCCCC1)C2=O. The van der Waals surface area contributed by atoms with Gasteiger partial charge in [0.25, 0.3) is 0 Å². The highest BCUT2D eigenvalue weighted by atomic mass is 16.5. The van der Waals surface area contributed by atoms with Gasteiger partial charge in [-0.25, -0.2) is 0 Å². The molecule has 0 amide bonds. The number of hydrogen-bond acceptors (Lipinski definition) is 5. The van der Waals surface area contributed by atoms with Crippen LogP contribution in [0.5, 0.6) is 5.75 Å². The van der Waals surface area contributed by atoms with Crippen LogP contribution in [-0.4, -0.2) is 28.2 Å². The average Bonchev–Trinajstić information content (AvgIpc) is 2.68. The molecule has 0 radical (unpaired) electrons. The summed E-state index contributed by atoms with van der Waals surface area (Å²) < 4.78 is 5.29. The Morgan fingerprint density at radius 3 is 2.29 bits per heavy atom. The van der Waals surface area contributed by atoms with Crippen molar-refractivity contribution < 1.29 is 24.2 Å². The lowest BCUT2D eigenvalue weighted by atomic mass is 9.75. The zero-order valence-corrected chi connectivity index (χ0v) is 15.8. The molecule has 0 atom stereocenters. The molecule has 0 saturated heterocycles. The summed E-state index contributed by atoms with van der Waals surface area (Å²) in [6.07, 6.45) is 3.83. The fourth-order valence-corrected chi connectivity index (χ4v) is 4.35. The Labute approximate surface area is 163 Å². The van der Waals surface area contributed by atoms with E-state index in [9.17, 15) is 19.5 Å². The maximum absolute atomic E-state index is 13.2. The first-order chi connectivity index (χ1) is 13.4. The molecule has 0 bridgehead atoms. The molecule has 1 N–H and O–H groups in total. The van der Waals surface area contributed by atoms with Crippen molar-refractivity contribution in [1.82, 2.24) is 0 Å². The lowest BCUT2D eigenvalue weighted by Gasteiger charge is -2.32. The number of aliphatic hydroxyl groups is 1. The van der Waals surface area contributed by atoms with E-state index in [0.29, 0.717) is 52.8 Å². The van der Waals surface area contributed by atoms with E-state index in [4.69, 9.17) is 4.74 Å². The van der Waals surface area contributed by atoms with Gasteiger partial charge in [-0.2, -0.15) is 0 Å². The first kappa shape index (κ1) is 18.6. The second kappa shape index (κ2) is 6.99. The highest BCUT2D eigenvalue weighted by Crippen LogP contribution is 2.38. The number of ketones is 2. The third-order valence-corrected chi connectivity index (χ3v) is 5.75. The van der Waals surface area contributed by atoms with E-state index < -0.39 is 11.6 Å². The van der Waals surface area contributed by atoms with Gasteiger partial charge >= 0.3 is 5.97 Å². The van der Waals surface area contributed by atoms with Crippen molar-refractivity contribution in [3.63, 3.8) is 0 Å². The summed E-state index contributed by atoms with van der Waals surface area (Å²) in [5, 5.41) is 10.9. The lowest BCUT2D eigenvalue weighted by molar-refractivity contribution is -0.131. The predicted molar refractivity (Wildman–Crippen MR) is 103 cm³/mol. The highest BCUT2D eigenvalue weighted by Gasteiger charge is 2.40. The number of rotatable bonds is 3. The summed E-state index contributed by atoms with van der Waals surface area (Å²) in [5.41, 5.74) is 1.17. The Balaban J connectivity index is 1.80. The largest absolute Gasteiger partial charge is 0.426 e. The van der Waals surface area contributed by atoms with Gasteiger partial charge in [0.15, 0.2) is 11.6 Å². The summed E-state index contributed by atoms with van der Waals surface area (Å²) in [5.74, 6) is -0.643. The van der Waals surface area contributed by atoms with Gasteiger partial charge in [0, 0.05) is 35.6 Å². The van der Waals surface area contributed by atoms with Gasteiger partial charge in [-0.15, -0.1) is 0 Å². The maximum atomic E-state index is 13.2. The topological polar surface area (TPSA) is 80.7 Å². The molecule has 2 aromatic carbocycles. The number of Topliss-reactive ketones (excluding diaryl/α,β-unsaturated/α-hetero) is 1. The van der Waals surface area contributed by atoms with Crippen molar-refractivity contribution in [3.8, 4) is 5.75 Å². The number of fused-ring (bicyclic) bond motifs is 2. The van der Waals surface area contributed by atoms with E-state index in [-0.39, 0.29) is 11.6 Å². The Hall–Kier alpha value is -2.79. The van der Waals surface area contributed by atoms with Crippen molar-refractivity contribution in [2.45, 2.75) is 51.0 Å². The molecule has 144 valence electrons. The van der Waals surface area contributed by atoms with Crippen LogP contribution in [0.1, 0.15) is 76.4 Å². The number of benzene rings is 2. The highest BCUT2D eigenvalue weighted by molar-refractivity contribution is 6.15. The number of esters is 1. The van der Waals surface area contributed by atoms with Crippen LogP contribution in [0, 0.1) is 0 Å². The van der Waals surface area contributed by atoms with Crippen molar-refractivity contribution in [2.75, 3.05) is 0 Å². The minimum absolute atomic E-state index is 0.199. The molecule has 0 spiro atoms. The molecule has 4 rings (SSSR count). The van der Waals surface area contributed by atoms with Crippen molar-refractivity contribution in [3.05, 3.63) is 64.2 Å². The summed E-state index contributed by atoms with van der Waals surface area (Å²) >= 11 is 0. The smallest absolute Gasteiger partial charge is 0.308 e. The van der Waals surface area contributed by atoms with Gasteiger partial charge in [-0.3, -0.25) is 14.4 Å². The van der Waals surface area contributed by atoms with E-state index in [0.717, 1.165) is 19.3 Å². The van der Waals surface area contributed by atoms with Crippen molar-refractivity contribution in [1.29, 1.82) is 0 Å². The Morgan fingerprint density at radius 1 is 0.964 bits per heavy atom. The minimum Gasteiger partial charge on any atom is -0.426 e. The van der Waals surface area contributed by atoms with Gasteiger partial charge in [0.2, 0.25) is 0 Å². The second-order valence-electron chi connectivity index (χ2n) is 7.63.